The zero-order valence-corrected chi connectivity index (χ0v) is 12.2. The SMILES string of the molecule is ClCCc1cn(Cc2cc(Cl)cc3c2OCOC3)nn1. The van der Waals surface area contributed by atoms with E-state index in [1.165, 1.54) is 0 Å². The van der Waals surface area contributed by atoms with Crippen molar-refractivity contribution in [3.8, 4) is 5.75 Å². The summed E-state index contributed by atoms with van der Waals surface area (Å²) < 4.78 is 12.6. The Hall–Kier alpha value is -1.30. The van der Waals surface area contributed by atoms with Gasteiger partial charge in [0.25, 0.3) is 0 Å². The molecule has 0 aliphatic carbocycles. The number of hydrogen-bond donors (Lipinski definition) is 0. The molecule has 0 atom stereocenters. The van der Waals surface area contributed by atoms with Crippen molar-refractivity contribution in [1.29, 1.82) is 0 Å². The second-order valence-electron chi connectivity index (χ2n) is 4.51. The van der Waals surface area contributed by atoms with Crippen molar-refractivity contribution in [2.75, 3.05) is 12.7 Å². The molecule has 0 saturated heterocycles. The number of rotatable bonds is 4. The molecule has 1 aliphatic rings. The molecule has 0 N–H and O–H groups in total. The Labute approximate surface area is 126 Å². The molecule has 0 fully saturated rings. The van der Waals surface area contributed by atoms with E-state index in [1.54, 1.807) is 4.68 Å². The maximum atomic E-state index is 6.13. The summed E-state index contributed by atoms with van der Waals surface area (Å²) in [4.78, 5) is 0. The summed E-state index contributed by atoms with van der Waals surface area (Å²) in [6.45, 7) is 1.33. The van der Waals surface area contributed by atoms with E-state index in [4.69, 9.17) is 32.7 Å². The van der Waals surface area contributed by atoms with Crippen LogP contribution in [0.5, 0.6) is 5.75 Å². The van der Waals surface area contributed by atoms with Crippen LogP contribution >= 0.6 is 23.2 Å². The van der Waals surface area contributed by atoms with Gasteiger partial charge >= 0.3 is 0 Å². The second kappa shape index (κ2) is 5.99. The van der Waals surface area contributed by atoms with Crippen molar-refractivity contribution in [2.45, 2.75) is 19.6 Å². The zero-order valence-electron chi connectivity index (χ0n) is 10.7. The molecule has 2 heterocycles. The van der Waals surface area contributed by atoms with E-state index >= 15 is 0 Å². The highest BCUT2D eigenvalue weighted by molar-refractivity contribution is 6.30. The first-order chi connectivity index (χ1) is 9.76. The van der Waals surface area contributed by atoms with Crippen LogP contribution in [0.4, 0.5) is 0 Å². The first kappa shape index (κ1) is 13.7. The summed E-state index contributed by atoms with van der Waals surface area (Å²) >= 11 is 11.8. The Balaban J connectivity index is 1.87. The summed E-state index contributed by atoms with van der Waals surface area (Å²) in [5.41, 5.74) is 2.80. The molecule has 0 saturated carbocycles. The Morgan fingerprint density at radius 2 is 2.25 bits per heavy atom. The molecule has 0 spiro atoms. The monoisotopic (exact) mass is 313 g/mol. The molecular weight excluding hydrogens is 301 g/mol. The third-order valence-electron chi connectivity index (χ3n) is 3.02. The lowest BCUT2D eigenvalue weighted by atomic mass is 10.1. The first-order valence-corrected chi connectivity index (χ1v) is 7.14. The number of hydrogen-bond acceptors (Lipinski definition) is 4. The Morgan fingerprint density at radius 1 is 1.35 bits per heavy atom. The van der Waals surface area contributed by atoms with Gasteiger partial charge in [0.1, 0.15) is 5.75 Å². The summed E-state index contributed by atoms with van der Waals surface area (Å²) in [6.07, 6.45) is 2.59. The van der Waals surface area contributed by atoms with Gasteiger partial charge in [-0.3, -0.25) is 0 Å². The van der Waals surface area contributed by atoms with Crippen LogP contribution in [0.3, 0.4) is 0 Å². The standard InChI is InChI=1S/C13H13Cl2N3O2/c14-2-1-12-6-18(17-16-12)5-9-3-11(15)4-10-7-19-8-20-13(9)10/h3-4,6H,1-2,5,7-8H2. The van der Waals surface area contributed by atoms with E-state index in [9.17, 15) is 0 Å². The fraction of sp³-hybridized carbons (Fsp3) is 0.385. The minimum atomic E-state index is 0.260. The summed E-state index contributed by atoms with van der Waals surface area (Å²) in [5.74, 6) is 1.36. The maximum Gasteiger partial charge on any atom is 0.189 e. The number of aryl methyl sites for hydroxylation is 1. The molecule has 1 aromatic carbocycles. The van der Waals surface area contributed by atoms with Gasteiger partial charge < -0.3 is 9.47 Å². The second-order valence-corrected chi connectivity index (χ2v) is 5.32. The molecule has 20 heavy (non-hydrogen) atoms. The van der Waals surface area contributed by atoms with Crippen LogP contribution in [0, 0.1) is 0 Å². The zero-order chi connectivity index (χ0) is 13.9. The average Bonchev–Trinajstić information content (AvgIpc) is 2.86. The predicted octanol–water partition coefficient (Wildman–Crippen LogP) is 2.63. The van der Waals surface area contributed by atoms with E-state index in [2.05, 4.69) is 10.3 Å². The van der Waals surface area contributed by atoms with Crippen molar-refractivity contribution in [2.24, 2.45) is 0 Å². The molecule has 5 nitrogen and oxygen atoms in total. The van der Waals surface area contributed by atoms with E-state index < -0.39 is 0 Å². The molecule has 0 radical (unpaired) electrons. The van der Waals surface area contributed by atoms with Gasteiger partial charge in [0.2, 0.25) is 0 Å². The van der Waals surface area contributed by atoms with Gasteiger partial charge in [0.05, 0.1) is 18.8 Å². The molecule has 3 rings (SSSR count). The summed E-state index contributed by atoms with van der Waals surface area (Å²) in [5, 5.41) is 8.81. The molecule has 0 amide bonds. The van der Waals surface area contributed by atoms with Crippen LogP contribution in [-0.2, 0) is 24.3 Å². The normalized spacial score (nSPS) is 13.9. The van der Waals surface area contributed by atoms with Gasteiger partial charge in [-0.2, -0.15) is 0 Å². The molecule has 1 aliphatic heterocycles. The topological polar surface area (TPSA) is 49.2 Å². The van der Waals surface area contributed by atoms with Gasteiger partial charge in [-0.15, -0.1) is 16.7 Å². The van der Waals surface area contributed by atoms with E-state index in [1.807, 2.05) is 18.3 Å². The Bertz CT molecular complexity index is 616. The van der Waals surface area contributed by atoms with Crippen LogP contribution in [0.15, 0.2) is 18.3 Å². The van der Waals surface area contributed by atoms with Gasteiger partial charge in [0, 0.05) is 34.6 Å². The first-order valence-electron chi connectivity index (χ1n) is 6.23. The van der Waals surface area contributed by atoms with Crippen LogP contribution in [0.1, 0.15) is 16.8 Å². The van der Waals surface area contributed by atoms with Crippen LogP contribution in [0.25, 0.3) is 0 Å². The van der Waals surface area contributed by atoms with Crippen molar-refractivity contribution < 1.29 is 9.47 Å². The summed E-state index contributed by atoms with van der Waals surface area (Å²) in [7, 11) is 0. The largest absolute Gasteiger partial charge is 0.467 e. The summed E-state index contributed by atoms with van der Waals surface area (Å²) in [6, 6.07) is 3.74. The van der Waals surface area contributed by atoms with Crippen LogP contribution in [-0.4, -0.2) is 27.7 Å². The Kier molecular flexibility index (Phi) is 4.10. The van der Waals surface area contributed by atoms with E-state index in [0.717, 1.165) is 22.6 Å². The highest BCUT2D eigenvalue weighted by Gasteiger charge is 2.17. The lowest BCUT2D eigenvalue weighted by Crippen LogP contribution is -2.14. The third kappa shape index (κ3) is 2.90. The fourth-order valence-electron chi connectivity index (χ4n) is 2.18. The minimum Gasteiger partial charge on any atom is -0.467 e. The Morgan fingerprint density at radius 3 is 3.10 bits per heavy atom. The van der Waals surface area contributed by atoms with Gasteiger partial charge in [0.15, 0.2) is 6.79 Å². The minimum absolute atomic E-state index is 0.260. The molecule has 0 bridgehead atoms. The van der Waals surface area contributed by atoms with Crippen molar-refractivity contribution in [3.05, 3.63) is 40.2 Å². The highest BCUT2D eigenvalue weighted by Crippen LogP contribution is 2.32. The number of halogens is 2. The molecule has 7 heteroatoms. The fourth-order valence-corrected chi connectivity index (χ4v) is 2.63. The third-order valence-corrected chi connectivity index (χ3v) is 3.43. The number of fused-ring (bicyclic) bond motifs is 1. The van der Waals surface area contributed by atoms with Crippen LogP contribution < -0.4 is 4.74 Å². The van der Waals surface area contributed by atoms with Crippen molar-refractivity contribution in [1.82, 2.24) is 15.0 Å². The molecule has 106 valence electrons. The number of ether oxygens (including phenoxy) is 2. The maximum absolute atomic E-state index is 6.13. The quantitative estimate of drug-likeness (QED) is 0.814. The van der Waals surface area contributed by atoms with Gasteiger partial charge in [-0.1, -0.05) is 16.8 Å². The van der Waals surface area contributed by atoms with E-state index in [0.29, 0.717) is 30.5 Å². The molecular formula is C13H13Cl2N3O2. The number of benzene rings is 1. The van der Waals surface area contributed by atoms with Gasteiger partial charge in [-0.05, 0) is 12.1 Å². The number of alkyl halides is 1. The lowest BCUT2D eigenvalue weighted by molar-refractivity contribution is -0.0171. The van der Waals surface area contributed by atoms with Gasteiger partial charge in [-0.25, -0.2) is 4.68 Å². The number of aromatic nitrogens is 3. The lowest BCUT2D eigenvalue weighted by Gasteiger charge is -2.21. The molecule has 1 aromatic heterocycles. The van der Waals surface area contributed by atoms with Crippen molar-refractivity contribution >= 4 is 23.2 Å². The van der Waals surface area contributed by atoms with Crippen LogP contribution in [0.2, 0.25) is 5.02 Å². The number of nitrogens with zero attached hydrogens (tertiary/aromatic N) is 3. The molecule has 0 unspecified atom stereocenters. The predicted molar refractivity (Wildman–Crippen MR) is 75.3 cm³/mol. The highest BCUT2D eigenvalue weighted by atomic mass is 35.5. The smallest absolute Gasteiger partial charge is 0.189 e. The van der Waals surface area contributed by atoms with E-state index in [-0.39, 0.29) is 6.79 Å². The molecule has 2 aromatic rings. The van der Waals surface area contributed by atoms with Crippen molar-refractivity contribution in [3.63, 3.8) is 0 Å². The average molecular weight is 314 g/mol.